The lowest BCUT2D eigenvalue weighted by Gasteiger charge is -2.32. The Hall–Kier alpha value is -6.44. The van der Waals surface area contributed by atoms with Crippen molar-refractivity contribution in [2.75, 3.05) is 4.90 Å². The Bertz CT molecular complexity index is 2620. The van der Waals surface area contributed by atoms with Crippen LogP contribution in [0.2, 0.25) is 0 Å². The zero-order chi connectivity index (χ0) is 36.2. The minimum absolute atomic E-state index is 0.403. The summed E-state index contributed by atoms with van der Waals surface area (Å²) in [6.07, 6.45) is 1.95. The van der Waals surface area contributed by atoms with Gasteiger partial charge in [-0.15, -0.1) is 0 Å². The van der Waals surface area contributed by atoms with Crippen molar-refractivity contribution in [3.05, 3.63) is 221 Å². The summed E-state index contributed by atoms with van der Waals surface area (Å²) < 4.78 is 0. The first-order valence-electron chi connectivity index (χ1n) is 19.3. The highest BCUT2D eigenvalue weighted by Gasteiger charge is 2.51. The fourth-order valence-corrected chi connectivity index (χ4v) is 9.47. The number of hydrogen-bond donors (Lipinski definition) is 0. The normalized spacial score (nSPS) is 12.9. The minimum Gasteiger partial charge on any atom is -0.310 e. The molecule has 8 aromatic rings. The number of fused-ring (bicyclic) bond motifs is 10. The van der Waals surface area contributed by atoms with Gasteiger partial charge in [0.15, 0.2) is 0 Å². The monoisotopic (exact) mass is 691 g/mol. The maximum Gasteiger partial charge on any atom is 0.0726 e. The van der Waals surface area contributed by atoms with E-state index in [0.717, 1.165) is 29.9 Å². The largest absolute Gasteiger partial charge is 0.310 e. The van der Waals surface area contributed by atoms with Gasteiger partial charge in [0, 0.05) is 17.1 Å². The average molecular weight is 692 g/mol. The Morgan fingerprint density at radius 1 is 0.333 bits per heavy atom. The lowest BCUT2D eigenvalue weighted by atomic mass is 9.70. The first-order valence-corrected chi connectivity index (χ1v) is 19.3. The highest BCUT2D eigenvalue weighted by Crippen LogP contribution is 2.63. The maximum absolute atomic E-state index is 2.49. The second kappa shape index (κ2) is 12.9. The molecular formula is C53H41N. The Labute approximate surface area is 318 Å². The van der Waals surface area contributed by atoms with Gasteiger partial charge in [-0.3, -0.25) is 0 Å². The lowest BCUT2D eigenvalue weighted by molar-refractivity contribution is 0.793. The Balaban J connectivity index is 1.20. The number of aryl methyl sites for hydroxylation is 2. The topological polar surface area (TPSA) is 3.24 Å². The third-order valence-electron chi connectivity index (χ3n) is 11.9. The van der Waals surface area contributed by atoms with Crippen LogP contribution in [0.3, 0.4) is 0 Å². The molecule has 54 heavy (non-hydrogen) atoms. The van der Waals surface area contributed by atoms with E-state index in [2.05, 4.69) is 207 Å². The first kappa shape index (κ1) is 32.2. The average Bonchev–Trinajstić information content (AvgIpc) is 3.71. The van der Waals surface area contributed by atoms with E-state index >= 15 is 0 Å². The molecule has 2 aliphatic rings. The van der Waals surface area contributed by atoms with Crippen molar-refractivity contribution in [1.82, 2.24) is 0 Å². The van der Waals surface area contributed by atoms with Crippen LogP contribution in [-0.2, 0) is 18.3 Å². The third kappa shape index (κ3) is 4.78. The summed E-state index contributed by atoms with van der Waals surface area (Å²) in [4.78, 5) is 2.47. The molecule has 10 rings (SSSR count). The van der Waals surface area contributed by atoms with Crippen molar-refractivity contribution >= 4 is 17.1 Å². The Morgan fingerprint density at radius 2 is 0.759 bits per heavy atom. The number of nitrogens with zero attached hydrogens (tertiary/aromatic N) is 1. The summed E-state index contributed by atoms with van der Waals surface area (Å²) in [6, 6.07) is 70.1. The van der Waals surface area contributed by atoms with Crippen LogP contribution in [-0.4, -0.2) is 0 Å². The van der Waals surface area contributed by atoms with Crippen molar-refractivity contribution in [2.45, 2.75) is 32.1 Å². The molecule has 0 fully saturated rings. The van der Waals surface area contributed by atoms with Crippen LogP contribution in [0.15, 0.2) is 188 Å². The van der Waals surface area contributed by atoms with Crippen molar-refractivity contribution in [3.8, 4) is 44.5 Å². The molecule has 1 nitrogen and oxygen atoms in total. The molecule has 1 spiro atoms. The SMILES string of the molecule is CCc1ccccc1-c1ccc(N(c2ccc(-c3ccccc3)cc2)c2ccc3c(c2)C2(c4ccccc4-c4ccccc42)c2ccccc2-3)cc1CC. The van der Waals surface area contributed by atoms with Crippen LogP contribution in [0.4, 0.5) is 17.1 Å². The van der Waals surface area contributed by atoms with Gasteiger partial charge in [0.25, 0.3) is 0 Å². The summed E-state index contributed by atoms with van der Waals surface area (Å²) in [7, 11) is 0. The van der Waals surface area contributed by atoms with E-state index in [9.17, 15) is 0 Å². The van der Waals surface area contributed by atoms with Gasteiger partial charge in [-0.05, 0) is 127 Å². The van der Waals surface area contributed by atoms with Crippen molar-refractivity contribution in [3.63, 3.8) is 0 Å². The summed E-state index contributed by atoms with van der Waals surface area (Å²) in [6.45, 7) is 4.53. The molecule has 0 aromatic heterocycles. The number of rotatable bonds is 7. The van der Waals surface area contributed by atoms with E-state index in [-0.39, 0.29) is 0 Å². The molecule has 0 unspecified atom stereocenters. The number of hydrogen-bond acceptors (Lipinski definition) is 1. The maximum atomic E-state index is 2.49. The second-order valence-corrected chi connectivity index (χ2v) is 14.6. The molecule has 0 amide bonds. The van der Waals surface area contributed by atoms with E-state index in [0.29, 0.717) is 0 Å². The standard InChI is InChI=1S/C53H41N/c1-3-36-16-8-9-19-43(36)44-32-30-41(34-37(44)4-2)54(40-28-26-39(27-29-40)38-17-6-5-7-18-38)42-31-33-48-47-22-12-15-25-51(47)53(52(48)35-42)49-23-13-10-20-45(49)46-21-11-14-24-50(46)53/h5-35H,3-4H2,1-2H3. The van der Waals surface area contributed by atoms with Crippen LogP contribution >= 0.6 is 0 Å². The minimum atomic E-state index is -0.403. The molecule has 0 bridgehead atoms. The molecule has 0 N–H and O–H groups in total. The van der Waals surface area contributed by atoms with Crippen LogP contribution < -0.4 is 4.90 Å². The number of benzene rings is 8. The van der Waals surface area contributed by atoms with Crippen LogP contribution in [0, 0.1) is 0 Å². The predicted molar refractivity (Wildman–Crippen MR) is 227 cm³/mol. The fraction of sp³-hybridized carbons (Fsp3) is 0.0943. The molecule has 0 saturated carbocycles. The summed E-state index contributed by atoms with van der Waals surface area (Å²) in [5.74, 6) is 0. The molecule has 2 aliphatic carbocycles. The van der Waals surface area contributed by atoms with Gasteiger partial charge in [-0.1, -0.05) is 166 Å². The third-order valence-corrected chi connectivity index (χ3v) is 11.9. The van der Waals surface area contributed by atoms with E-state index < -0.39 is 5.41 Å². The molecule has 1 heteroatoms. The zero-order valence-corrected chi connectivity index (χ0v) is 30.8. The van der Waals surface area contributed by atoms with Crippen LogP contribution in [0.1, 0.15) is 47.2 Å². The molecule has 258 valence electrons. The second-order valence-electron chi connectivity index (χ2n) is 14.6. The first-order chi connectivity index (χ1) is 26.7. The predicted octanol–water partition coefficient (Wildman–Crippen LogP) is 14.0. The van der Waals surface area contributed by atoms with E-state index in [1.54, 1.807) is 0 Å². The lowest BCUT2D eigenvalue weighted by Crippen LogP contribution is -2.26. The molecule has 0 radical (unpaired) electrons. The van der Waals surface area contributed by atoms with E-state index in [4.69, 9.17) is 0 Å². The molecule has 0 heterocycles. The van der Waals surface area contributed by atoms with Crippen molar-refractivity contribution in [2.24, 2.45) is 0 Å². The summed E-state index contributed by atoms with van der Waals surface area (Å²) >= 11 is 0. The molecule has 0 saturated heterocycles. The highest BCUT2D eigenvalue weighted by molar-refractivity contribution is 5.96. The molecule has 0 atom stereocenters. The smallest absolute Gasteiger partial charge is 0.0726 e. The Morgan fingerprint density at radius 3 is 1.35 bits per heavy atom. The van der Waals surface area contributed by atoms with Crippen molar-refractivity contribution in [1.29, 1.82) is 0 Å². The molecule has 0 aliphatic heterocycles. The summed E-state index contributed by atoms with van der Waals surface area (Å²) in [5, 5.41) is 0. The molecule has 8 aromatic carbocycles. The van der Waals surface area contributed by atoms with Gasteiger partial charge >= 0.3 is 0 Å². The molecular weight excluding hydrogens is 651 g/mol. The van der Waals surface area contributed by atoms with Crippen LogP contribution in [0.5, 0.6) is 0 Å². The van der Waals surface area contributed by atoms with Crippen molar-refractivity contribution < 1.29 is 0 Å². The van der Waals surface area contributed by atoms with Gasteiger partial charge in [0.2, 0.25) is 0 Å². The fourth-order valence-electron chi connectivity index (χ4n) is 9.47. The zero-order valence-electron chi connectivity index (χ0n) is 30.8. The van der Waals surface area contributed by atoms with Gasteiger partial charge in [0.1, 0.15) is 0 Å². The quantitative estimate of drug-likeness (QED) is 0.161. The van der Waals surface area contributed by atoms with E-state index in [1.165, 1.54) is 77.9 Å². The van der Waals surface area contributed by atoms with Gasteiger partial charge < -0.3 is 4.90 Å². The summed E-state index contributed by atoms with van der Waals surface area (Å²) in [5.41, 5.74) is 21.6. The highest BCUT2D eigenvalue weighted by atomic mass is 15.1. The Kier molecular flexibility index (Phi) is 7.70. The number of anilines is 3. The van der Waals surface area contributed by atoms with E-state index in [1.807, 2.05) is 0 Å². The van der Waals surface area contributed by atoms with Gasteiger partial charge in [-0.2, -0.15) is 0 Å². The van der Waals surface area contributed by atoms with Gasteiger partial charge in [0.05, 0.1) is 5.41 Å². The van der Waals surface area contributed by atoms with Gasteiger partial charge in [-0.25, -0.2) is 0 Å². The van der Waals surface area contributed by atoms with Crippen LogP contribution in [0.25, 0.3) is 44.5 Å².